The minimum atomic E-state index is -0.0707. The summed E-state index contributed by atoms with van der Waals surface area (Å²) in [5.74, 6) is 0.626. The van der Waals surface area contributed by atoms with Crippen LogP contribution in [0.1, 0.15) is 32.6 Å². The Labute approximate surface area is 86.4 Å². The summed E-state index contributed by atoms with van der Waals surface area (Å²) in [7, 11) is 1.46. The van der Waals surface area contributed by atoms with Gasteiger partial charge in [0.15, 0.2) is 0 Å². The zero-order valence-electron chi connectivity index (χ0n) is 9.29. The van der Waals surface area contributed by atoms with E-state index >= 15 is 0 Å². The molecule has 0 saturated carbocycles. The molecule has 1 aliphatic rings. The van der Waals surface area contributed by atoms with Gasteiger partial charge in [0.05, 0.1) is 7.11 Å². The molecule has 3 nitrogen and oxygen atoms in total. The SMILES string of the molecule is CCN1CCCC(CCC(=O)OC)C1. The lowest BCUT2D eigenvalue weighted by Crippen LogP contribution is -2.35. The molecule has 14 heavy (non-hydrogen) atoms. The van der Waals surface area contributed by atoms with E-state index in [2.05, 4.69) is 16.6 Å². The Morgan fingerprint density at radius 2 is 2.36 bits per heavy atom. The second-order valence-electron chi connectivity index (χ2n) is 4.02. The molecule has 0 aliphatic carbocycles. The lowest BCUT2D eigenvalue weighted by atomic mass is 9.93. The van der Waals surface area contributed by atoms with Crippen LogP contribution >= 0.6 is 0 Å². The van der Waals surface area contributed by atoms with Crippen LogP contribution in [0.2, 0.25) is 0 Å². The molecule has 82 valence electrons. The molecule has 0 amide bonds. The highest BCUT2D eigenvalue weighted by molar-refractivity contribution is 5.69. The van der Waals surface area contributed by atoms with Gasteiger partial charge in [0, 0.05) is 13.0 Å². The number of esters is 1. The molecule has 1 fully saturated rings. The zero-order valence-corrected chi connectivity index (χ0v) is 9.29. The molecule has 1 saturated heterocycles. The Morgan fingerprint density at radius 1 is 1.57 bits per heavy atom. The lowest BCUT2D eigenvalue weighted by Gasteiger charge is -2.31. The van der Waals surface area contributed by atoms with E-state index in [-0.39, 0.29) is 5.97 Å². The summed E-state index contributed by atoms with van der Waals surface area (Å²) in [4.78, 5) is 13.4. The third-order valence-electron chi connectivity index (χ3n) is 3.03. The Morgan fingerprint density at radius 3 is 3.00 bits per heavy atom. The van der Waals surface area contributed by atoms with Crippen molar-refractivity contribution in [3.63, 3.8) is 0 Å². The Balaban J connectivity index is 2.20. The van der Waals surface area contributed by atoms with E-state index < -0.39 is 0 Å². The third kappa shape index (κ3) is 3.66. The van der Waals surface area contributed by atoms with Crippen molar-refractivity contribution < 1.29 is 9.53 Å². The van der Waals surface area contributed by atoms with Gasteiger partial charge in [-0.05, 0) is 38.3 Å². The summed E-state index contributed by atoms with van der Waals surface area (Å²) in [6.45, 7) is 5.72. The summed E-state index contributed by atoms with van der Waals surface area (Å²) in [5.41, 5.74) is 0. The molecule has 0 spiro atoms. The largest absolute Gasteiger partial charge is 0.469 e. The lowest BCUT2D eigenvalue weighted by molar-refractivity contribution is -0.141. The van der Waals surface area contributed by atoms with Gasteiger partial charge in [0.2, 0.25) is 0 Å². The molecule has 0 aromatic heterocycles. The van der Waals surface area contributed by atoms with E-state index in [9.17, 15) is 4.79 Å². The maximum absolute atomic E-state index is 11.0. The second-order valence-corrected chi connectivity index (χ2v) is 4.02. The smallest absolute Gasteiger partial charge is 0.305 e. The molecule has 1 unspecified atom stereocenters. The van der Waals surface area contributed by atoms with E-state index in [0.717, 1.165) is 19.5 Å². The summed E-state index contributed by atoms with van der Waals surface area (Å²) < 4.78 is 4.64. The first-order valence-electron chi connectivity index (χ1n) is 5.55. The van der Waals surface area contributed by atoms with Crippen LogP contribution in [0.5, 0.6) is 0 Å². The maximum Gasteiger partial charge on any atom is 0.305 e. The van der Waals surface area contributed by atoms with Crippen molar-refractivity contribution in [3.8, 4) is 0 Å². The Kier molecular flexibility index (Phi) is 4.94. The van der Waals surface area contributed by atoms with Gasteiger partial charge >= 0.3 is 5.97 Å². The van der Waals surface area contributed by atoms with E-state index in [4.69, 9.17) is 0 Å². The summed E-state index contributed by atoms with van der Waals surface area (Å²) in [6, 6.07) is 0. The number of methoxy groups -OCH3 is 1. The fourth-order valence-corrected chi connectivity index (χ4v) is 2.10. The minimum absolute atomic E-state index is 0.0707. The summed E-state index contributed by atoms with van der Waals surface area (Å²) >= 11 is 0. The second kappa shape index (κ2) is 6.02. The van der Waals surface area contributed by atoms with Crippen LogP contribution < -0.4 is 0 Å². The van der Waals surface area contributed by atoms with Crippen molar-refractivity contribution in [2.75, 3.05) is 26.7 Å². The molecule has 1 atom stereocenters. The summed E-state index contributed by atoms with van der Waals surface area (Å²) in [5, 5.41) is 0. The highest BCUT2D eigenvalue weighted by atomic mass is 16.5. The van der Waals surface area contributed by atoms with Crippen LogP contribution in [0.25, 0.3) is 0 Å². The topological polar surface area (TPSA) is 29.5 Å². The number of carbonyl (C=O) groups is 1. The number of piperidine rings is 1. The van der Waals surface area contributed by atoms with Crippen LogP contribution in [-0.4, -0.2) is 37.6 Å². The van der Waals surface area contributed by atoms with Gasteiger partial charge in [-0.1, -0.05) is 6.92 Å². The van der Waals surface area contributed by atoms with Crippen molar-refractivity contribution in [1.29, 1.82) is 0 Å². The van der Waals surface area contributed by atoms with Gasteiger partial charge in [-0.25, -0.2) is 0 Å². The highest BCUT2D eigenvalue weighted by Gasteiger charge is 2.19. The Bertz CT molecular complexity index is 182. The maximum atomic E-state index is 11.0. The van der Waals surface area contributed by atoms with Gasteiger partial charge in [0.1, 0.15) is 0 Å². The Hall–Kier alpha value is -0.570. The van der Waals surface area contributed by atoms with Crippen molar-refractivity contribution in [3.05, 3.63) is 0 Å². The molecule has 0 bridgehead atoms. The third-order valence-corrected chi connectivity index (χ3v) is 3.03. The van der Waals surface area contributed by atoms with E-state index in [1.54, 1.807) is 0 Å². The molecule has 0 N–H and O–H groups in total. The molecule has 1 aliphatic heterocycles. The van der Waals surface area contributed by atoms with E-state index in [0.29, 0.717) is 12.3 Å². The number of likely N-dealkylation sites (tertiary alicyclic amines) is 1. The van der Waals surface area contributed by atoms with Gasteiger partial charge in [-0.15, -0.1) is 0 Å². The average Bonchev–Trinajstić information content (AvgIpc) is 2.26. The number of rotatable bonds is 4. The van der Waals surface area contributed by atoms with Crippen LogP contribution in [0, 0.1) is 5.92 Å². The van der Waals surface area contributed by atoms with Crippen LogP contribution in [0.15, 0.2) is 0 Å². The van der Waals surface area contributed by atoms with Crippen LogP contribution in [0.4, 0.5) is 0 Å². The average molecular weight is 199 g/mol. The fraction of sp³-hybridized carbons (Fsp3) is 0.909. The van der Waals surface area contributed by atoms with Gasteiger partial charge in [-0.2, -0.15) is 0 Å². The van der Waals surface area contributed by atoms with Gasteiger partial charge in [-0.3, -0.25) is 4.79 Å². The fourth-order valence-electron chi connectivity index (χ4n) is 2.10. The highest BCUT2D eigenvalue weighted by Crippen LogP contribution is 2.20. The number of carbonyl (C=O) groups excluding carboxylic acids is 1. The predicted octanol–water partition coefficient (Wildman–Crippen LogP) is 1.67. The standard InChI is InChI=1S/C11H21NO2/c1-3-12-8-4-5-10(9-12)6-7-11(13)14-2/h10H,3-9H2,1-2H3. The minimum Gasteiger partial charge on any atom is -0.469 e. The zero-order chi connectivity index (χ0) is 10.4. The normalized spacial score (nSPS) is 23.4. The molecular weight excluding hydrogens is 178 g/mol. The number of ether oxygens (including phenoxy) is 1. The number of hydrogen-bond donors (Lipinski definition) is 0. The van der Waals surface area contributed by atoms with Crippen molar-refractivity contribution in [1.82, 2.24) is 4.90 Å². The molecule has 1 heterocycles. The van der Waals surface area contributed by atoms with Crippen molar-refractivity contribution in [2.45, 2.75) is 32.6 Å². The monoisotopic (exact) mass is 199 g/mol. The first kappa shape index (κ1) is 11.5. The van der Waals surface area contributed by atoms with Crippen molar-refractivity contribution in [2.24, 2.45) is 5.92 Å². The van der Waals surface area contributed by atoms with Gasteiger partial charge in [0.25, 0.3) is 0 Å². The first-order chi connectivity index (χ1) is 6.76. The van der Waals surface area contributed by atoms with Crippen LogP contribution in [-0.2, 0) is 9.53 Å². The van der Waals surface area contributed by atoms with Crippen LogP contribution in [0.3, 0.4) is 0 Å². The molecule has 0 aromatic carbocycles. The van der Waals surface area contributed by atoms with Crippen molar-refractivity contribution >= 4 is 5.97 Å². The molecule has 0 radical (unpaired) electrons. The molecule has 1 rings (SSSR count). The first-order valence-corrected chi connectivity index (χ1v) is 5.55. The predicted molar refractivity (Wildman–Crippen MR) is 56.1 cm³/mol. The summed E-state index contributed by atoms with van der Waals surface area (Å²) in [6.07, 6.45) is 4.12. The number of nitrogens with zero attached hydrogens (tertiary/aromatic N) is 1. The van der Waals surface area contributed by atoms with E-state index in [1.165, 1.54) is 26.5 Å². The molecule has 3 heteroatoms. The molecular formula is C11H21NO2. The van der Waals surface area contributed by atoms with Gasteiger partial charge < -0.3 is 9.64 Å². The number of hydrogen-bond acceptors (Lipinski definition) is 3. The van der Waals surface area contributed by atoms with E-state index in [1.807, 2.05) is 0 Å². The quantitative estimate of drug-likeness (QED) is 0.645. The molecule has 0 aromatic rings.